The number of hydrogen-bond donors (Lipinski definition) is 4. The molecule has 0 aromatic heterocycles. The van der Waals surface area contributed by atoms with E-state index in [1.165, 1.54) is 0 Å². The van der Waals surface area contributed by atoms with Gasteiger partial charge in [-0.1, -0.05) is 0 Å². The van der Waals surface area contributed by atoms with Gasteiger partial charge in [0.15, 0.2) is 0 Å². The first-order chi connectivity index (χ1) is 11.2. The van der Waals surface area contributed by atoms with Crippen LogP contribution >= 0.6 is 0 Å². The molecule has 12 heteroatoms. The Kier molecular flexibility index (Phi) is 18.7. The Balaban J connectivity index is -0.00000264. The fourth-order valence-electron chi connectivity index (χ4n) is 1.97. The number of hydrogen-bond acceptors (Lipinski definition) is 6. The maximum atomic E-state index is 10.7. The van der Waals surface area contributed by atoms with E-state index in [0.717, 1.165) is 0 Å². The summed E-state index contributed by atoms with van der Waals surface area (Å²) in [4.78, 5) is 45.9. The van der Waals surface area contributed by atoms with Crippen LogP contribution in [0, 0.1) is 0 Å². The van der Waals surface area contributed by atoms with Gasteiger partial charge < -0.3 is 35.7 Å². The molecule has 0 aromatic rings. The van der Waals surface area contributed by atoms with E-state index in [2.05, 4.69) is 0 Å². The van der Waals surface area contributed by atoms with Crippen molar-refractivity contribution in [2.24, 2.45) is 0 Å². The van der Waals surface area contributed by atoms with Crippen molar-refractivity contribution in [3.05, 3.63) is 0 Å². The molecule has 26 heavy (non-hydrogen) atoms. The molecule has 0 saturated heterocycles. The predicted molar refractivity (Wildman–Crippen MR) is 85.5 cm³/mol. The van der Waals surface area contributed by atoms with Crippen molar-refractivity contribution in [3.63, 3.8) is 0 Å². The molecule has 0 radical (unpaired) electrons. The minimum Gasteiger partial charge on any atom is -0.481 e. The van der Waals surface area contributed by atoms with Crippen LogP contribution in [0.3, 0.4) is 0 Å². The van der Waals surface area contributed by atoms with Gasteiger partial charge >= 0.3 is 23.9 Å². The molecule has 0 aromatic carbocycles. The van der Waals surface area contributed by atoms with Crippen molar-refractivity contribution in [1.82, 2.24) is 9.80 Å². The average Bonchev–Trinajstić information content (AvgIpc) is 2.47. The Morgan fingerprint density at radius 2 is 0.692 bits per heavy atom. The third-order valence-corrected chi connectivity index (χ3v) is 3.30. The molecular formula is C14H26CrN2O9. The summed E-state index contributed by atoms with van der Waals surface area (Å²) >= 11 is 0. The molecule has 6 N–H and O–H groups in total. The topological polar surface area (TPSA) is 187 Å². The number of carboxylic acid groups (broad SMARTS) is 4. The van der Waals surface area contributed by atoms with Crippen LogP contribution < -0.4 is 0 Å². The second-order valence-electron chi connectivity index (χ2n) is 5.26. The normalized spacial score (nSPS) is 10.1. The van der Waals surface area contributed by atoms with Crippen molar-refractivity contribution in [3.8, 4) is 0 Å². The van der Waals surface area contributed by atoms with E-state index >= 15 is 0 Å². The summed E-state index contributed by atoms with van der Waals surface area (Å²) in [6.07, 6.45) is -0.540. The summed E-state index contributed by atoms with van der Waals surface area (Å²) < 4.78 is 0. The van der Waals surface area contributed by atoms with E-state index < -0.39 is 23.9 Å². The molecule has 0 heterocycles. The van der Waals surface area contributed by atoms with E-state index in [0.29, 0.717) is 13.1 Å². The fourth-order valence-corrected chi connectivity index (χ4v) is 1.97. The van der Waals surface area contributed by atoms with Gasteiger partial charge in [0.25, 0.3) is 0 Å². The van der Waals surface area contributed by atoms with Crippen LogP contribution in [0.15, 0.2) is 0 Å². The van der Waals surface area contributed by atoms with Gasteiger partial charge in [-0.15, -0.1) is 0 Å². The maximum absolute atomic E-state index is 10.7. The maximum Gasteiger partial charge on any atom is 0.304 e. The minimum atomic E-state index is -0.996. The average molecular weight is 418 g/mol. The van der Waals surface area contributed by atoms with Crippen LogP contribution in [0.2, 0.25) is 0 Å². The summed E-state index contributed by atoms with van der Waals surface area (Å²) in [5.41, 5.74) is 0. The number of aliphatic carboxylic acids is 4. The molecule has 0 aliphatic heterocycles. The van der Waals surface area contributed by atoms with Gasteiger partial charge in [-0.2, -0.15) is 0 Å². The number of carboxylic acids is 4. The first-order valence-corrected chi connectivity index (χ1v) is 7.52. The van der Waals surface area contributed by atoms with Crippen molar-refractivity contribution in [1.29, 1.82) is 0 Å². The molecule has 0 bridgehead atoms. The zero-order valence-corrected chi connectivity index (χ0v) is 15.6. The van der Waals surface area contributed by atoms with Gasteiger partial charge in [-0.25, -0.2) is 0 Å². The van der Waals surface area contributed by atoms with E-state index in [-0.39, 0.29) is 74.7 Å². The van der Waals surface area contributed by atoms with Crippen LogP contribution in [0.5, 0.6) is 0 Å². The Morgan fingerprint density at radius 1 is 0.500 bits per heavy atom. The van der Waals surface area contributed by atoms with Crippen molar-refractivity contribution in [2.75, 3.05) is 39.3 Å². The van der Waals surface area contributed by atoms with E-state index in [1.54, 1.807) is 9.80 Å². The first-order valence-electron chi connectivity index (χ1n) is 7.52. The molecule has 0 unspecified atom stereocenters. The summed E-state index contributed by atoms with van der Waals surface area (Å²) in [5.74, 6) is -3.99. The summed E-state index contributed by atoms with van der Waals surface area (Å²) in [6.45, 7) is 1.37. The largest absolute Gasteiger partial charge is 0.481 e. The van der Waals surface area contributed by atoms with E-state index in [1.807, 2.05) is 0 Å². The van der Waals surface area contributed by atoms with Gasteiger partial charge in [0, 0.05) is 56.6 Å². The van der Waals surface area contributed by atoms with Gasteiger partial charge in [0.1, 0.15) is 0 Å². The van der Waals surface area contributed by atoms with Crippen LogP contribution in [0.1, 0.15) is 25.7 Å². The number of carbonyl (C=O) groups is 4. The van der Waals surface area contributed by atoms with E-state index in [4.69, 9.17) is 20.4 Å². The molecule has 0 spiro atoms. The van der Waals surface area contributed by atoms with Gasteiger partial charge in [0.2, 0.25) is 0 Å². The Labute approximate surface area is 161 Å². The quantitative estimate of drug-likeness (QED) is 0.248. The molecular weight excluding hydrogens is 392 g/mol. The molecule has 152 valence electrons. The second kappa shape index (κ2) is 16.7. The predicted octanol–water partition coefficient (Wildman–Crippen LogP) is -1.34. The molecule has 0 amide bonds. The first kappa shape index (κ1) is 29.1. The van der Waals surface area contributed by atoms with Crippen molar-refractivity contribution >= 4 is 23.9 Å². The fraction of sp³-hybridized carbons (Fsp3) is 0.714. The molecule has 11 nitrogen and oxygen atoms in total. The second-order valence-corrected chi connectivity index (χ2v) is 5.26. The number of rotatable bonds is 15. The third kappa shape index (κ3) is 18.6. The van der Waals surface area contributed by atoms with Crippen LogP contribution in [0.4, 0.5) is 0 Å². The zero-order chi connectivity index (χ0) is 18.5. The van der Waals surface area contributed by atoms with Crippen LogP contribution in [0.25, 0.3) is 0 Å². The van der Waals surface area contributed by atoms with Crippen LogP contribution in [-0.4, -0.2) is 98.8 Å². The summed E-state index contributed by atoms with van der Waals surface area (Å²) in [6, 6.07) is 0. The molecule has 0 atom stereocenters. The molecule has 0 saturated carbocycles. The Bertz CT molecular complexity index is 372. The standard InChI is InChI=1S/C14H24N2O8.Cr.H2O/c17-11(18)1-5-15(6-2-12(19)20)9-10-16(7-3-13(21)22)8-4-14(23)24;;/h1-10H2,(H,17,18)(H,19,20)(H,21,22)(H,23,24);;1H2. The SMILES string of the molecule is O.O=C(O)CCN(CCC(=O)O)CCN(CCC(=O)O)CCC(=O)O.[Cr]. The monoisotopic (exact) mass is 418 g/mol. The zero-order valence-electron chi connectivity index (χ0n) is 14.3. The smallest absolute Gasteiger partial charge is 0.304 e. The van der Waals surface area contributed by atoms with E-state index in [9.17, 15) is 19.2 Å². The Hall–Kier alpha value is -1.71. The minimum absolute atomic E-state index is 0. The summed E-state index contributed by atoms with van der Waals surface area (Å²) in [7, 11) is 0. The van der Waals surface area contributed by atoms with Gasteiger partial charge in [-0.05, 0) is 0 Å². The van der Waals surface area contributed by atoms with Gasteiger partial charge in [0.05, 0.1) is 25.7 Å². The third-order valence-electron chi connectivity index (χ3n) is 3.30. The Morgan fingerprint density at radius 3 is 0.846 bits per heavy atom. The van der Waals surface area contributed by atoms with Crippen molar-refractivity contribution < 1.29 is 62.4 Å². The molecule has 0 rings (SSSR count). The molecule has 0 fully saturated rings. The molecule has 0 aliphatic rings. The van der Waals surface area contributed by atoms with Crippen molar-refractivity contribution in [2.45, 2.75) is 25.7 Å². The van der Waals surface area contributed by atoms with Crippen LogP contribution in [-0.2, 0) is 36.5 Å². The summed E-state index contributed by atoms with van der Waals surface area (Å²) in [5, 5.41) is 34.9. The number of nitrogens with zero attached hydrogens (tertiary/aromatic N) is 2. The van der Waals surface area contributed by atoms with Gasteiger partial charge in [-0.3, -0.25) is 19.2 Å². The molecule has 0 aliphatic carbocycles.